The number of benzene rings is 1. The highest BCUT2D eigenvalue weighted by Crippen LogP contribution is 2.28. The summed E-state index contributed by atoms with van der Waals surface area (Å²) >= 11 is 0. The number of aryl methyl sites for hydroxylation is 1. The number of morpholine rings is 1. The third-order valence-electron chi connectivity index (χ3n) is 5.09. The van der Waals surface area contributed by atoms with Crippen LogP contribution in [0.1, 0.15) is 27.8 Å². The molecule has 3 aromatic rings. The molecule has 0 radical (unpaired) electrons. The van der Waals surface area contributed by atoms with E-state index in [-0.39, 0.29) is 12.0 Å². The molecule has 1 aliphatic rings. The lowest BCUT2D eigenvalue weighted by Gasteiger charge is -2.33. The Labute approximate surface area is 152 Å². The second-order valence-electron chi connectivity index (χ2n) is 6.63. The van der Waals surface area contributed by atoms with Crippen molar-refractivity contribution in [3.8, 4) is 0 Å². The number of rotatable bonds is 2. The summed E-state index contributed by atoms with van der Waals surface area (Å²) in [5.41, 5.74) is 9.35. The number of pyridine rings is 1. The number of nitrogens with zero attached hydrogens (tertiary/aromatic N) is 3. The highest BCUT2D eigenvalue weighted by Gasteiger charge is 2.29. The lowest BCUT2D eigenvalue weighted by atomic mass is 10.1. The minimum absolute atomic E-state index is 0.0384. The molecule has 0 spiro atoms. The van der Waals surface area contributed by atoms with Crippen LogP contribution in [0.5, 0.6) is 0 Å². The normalized spacial score (nSPS) is 17.6. The van der Waals surface area contributed by atoms with Gasteiger partial charge in [0.2, 0.25) is 0 Å². The lowest BCUT2D eigenvalue weighted by Crippen LogP contribution is -2.42. The number of nitrogen functional groups attached to an aromatic ring is 1. The largest absolute Gasteiger partial charge is 0.384 e. The molecule has 0 bridgehead atoms. The Morgan fingerprint density at radius 3 is 2.85 bits per heavy atom. The molecule has 6 nitrogen and oxygen atoms in total. The van der Waals surface area contributed by atoms with Crippen LogP contribution in [-0.2, 0) is 11.8 Å². The van der Waals surface area contributed by atoms with Crippen molar-refractivity contribution in [2.24, 2.45) is 7.05 Å². The van der Waals surface area contributed by atoms with Gasteiger partial charge in [0.15, 0.2) is 0 Å². The maximum Gasteiger partial charge on any atom is 0.256 e. The number of anilines is 1. The van der Waals surface area contributed by atoms with Gasteiger partial charge in [0, 0.05) is 30.2 Å². The van der Waals surface area contributed by atoms with Crippen molar-refractivity contribution in [2.45, 2.75) is 13.0 Å². The van der Waals surface area contributed by atoms with E-state index in [9.17, 15) is 4.79 Å². The third kappa shape index (κ3) is 2.72. The van der Waals surface area contributed by atoms with Crippen LogP contribution in [0.15, 0.2) is 42.5 Å². The minimum atomic E-state index is -0.258. The van der Waals surface area contributed by atoms with Gasteiger partial charge in [-0.05, 0) is 25.1 Å². The molecule has 3 heterocycles. The molecule has 0 aliphatic carbocycles. The van der Waals surface area contributed by atoms with E-state index in [0.29, 0.717) is 25.5 Å². The Morgan fingerprint density at radius 2 is 2.04 bits per heavy atom. The first-order valence-corrected chi connectivity index (χ1v) is 8.73. The summed E-state index contributed by atoms with van der Waals surface area (Å²) < 4.78 is 7.91. The second-order valence-corrected chi connectivity index (χ2v) is 6.63. The molecule has 1 aromatic carbocycles. The maximum atomic E-state index is 13.3. The summed E-state index contributed by atoms with van der Waals surface area (Å²) in [6.45, 7) is 3.51. The molecule has 1 aliphatic heterocycles. The third-order valence-corrected chi connectivity index (χ3v) is 5.09. The van der Waals surface area contributed by atoms with Crippen LogP contribution in [0.3, 0.4) is 0 Å². The summed E-state index contributed by atoms with van der Waals surface area (Å²) in [6, 6.07) is 13.5. The molecular weight excluding hydrogens is 328 g/mol. The van der Waals surface area contributed by atoms with E-state index in [2.05, 4.69) is 9.55 Å². The number of carbonyl (C=O) groups excluding carboxylic acids is 1. The molecule has 134 valence electrons. The zero-order valence-electron chi connectivity index (χ0n) is 15.0. The van der Waals surface area contributed by atoms with Gasteiger partial charge in [-0.15, -0.1) is 0 Å². The number of hydrogen-bond donors (Lipinski definition) is 1. The minimum Gasteiger partial charge on any atom is -0.384 e. The number of ether oxygens (including phenoxy) is 1. The van der Waals surface area contributed by atoms with Crippen LogP contribution < -0.4 is 5.73 Å². The predicted molar refractivity (Wildman–Crippen MR) is 101 cm³/mol. The number of hydrogen-bond acceptors (Lipinski definition) is 4. The maximum absolute atomic E-state index is 13.3. The quantitative estimate of drug-likeness (QED) is 0.771. The first-order valence-electron chi connectivity index (χ1n) is 8.73. The van der Waals surface area contributed by atoms with Crippen molar-refractivity contribution < 1.29 is 9.53 Å². The van der Waals surface area contributed by atoms with Crippen LogP contribution in [0.25, 0.3) is 10.9 Å². The topological polar surface area (TPSA) is 73.4 Å². The Hall–Kier alpha value is -2.86. The number of para-hydroxylation sites is 1. The van der Waals surface area contributed by atoms with Gasteiger partial charge >= 0.3 is 0 Å². The molecule has 2 N–H and O–H groups in total. The molecule has 2 aromatic heterocycles. The number of carbonyl (C=O) groups is 1. The molecule has 1 saturated heterocycles. The van der Waals surface area contributed by atoms with Crippen molar-refractivity contribution >= 4 is 22.6 Å². The van der Waals surface area contributed by atoms with E-state index < -0.39 is 0 Å². The molecule has 4 rings (SSSR count). The summed E-state index contributed by atoms with van der Waals surface area (Å²) in [5.74, 6) is 0.496. The van der Waals surface area contributed by atoms with Crippen molar-refractivity contribution in [3.05, 3.63) is 59.4 Å². The Balaban J connectivity index is 1.66. The summed E-state index contributed by atoms with van der Waals surface area (Å²) in [7, 11) is 1.99. The van der Waals surface area contributed by atoms with Crippen LogP contribution >= 0.6 is 0 Å². The zero-order valence-corrected chi connectivity index (χ0v) is 15.0. The van der Waals surface area contributed by atoms with Gasteiger partial charge < -0.3 is 19.9 Å². The van der Waals surface area contributed by atoms with Gasteiger partial charge in [0.25, 0.3) is 5.91 Å². The molecule has 1 fully saturated rings. The van der Waals surface area contributed by atoms with Gasteiger partial charge in [-0.2, -0.15) is 0 Å². The van der Waals surface area contributed by atoms with Crippen molar-refractivity contribution in [1.82, 2.24) is 14.5 Å². The average molecular weight is 350 g/mol. The van der Waals surface area contributed by atoms with Gasteiger partial charge in [-0.3, -0.25) is 4.79 Å². The molecule has 6 heteroatoms. The first-order chi connectivity index (χ1) is 12.6. The summed E-state index contributed by atoms with van der Waals surface area (Å²) in [4.78, 5) is 19.5. The number of nitrogens with two attached hydrogens (primary N) is 1. The van der Waals surface area contributed by atoms with E-state index in [0.717, 1.165) is 27.9 Å². The van der Waals surface area contributed by atoms with Crippen LogP contribution in [0.4, 0.5) is 5.82 Å². The van der Waals surface area contributed by atoms with Crippen molar-refractivity contribution in [2.75, 3.05) is 25.4 Å². The highest BCUT2D eigenvalue weighted by atomic mass is 16.5. The van der Waals surface area contributed by atoms with E-state index in [1.165, 1.54) is 0 Å². The fourth-order valence-corrected chi connectivity index (χ4v) is 3.61. The standard InChI is InChI=1S/C20H22N4O2/c1-13-19(14-6-3-4-8-16(14)23(13)2)20(25)24-10-11-26-17(12-24)15-7-5-9-18(21)22-15/h3-9,17H,10-12H2,1-2H3,(H2,21,22)/t17-/m1/s1. The van der Waals surface area contributed by atoms with E-state index >= 15 is 0 Å². The Kier molecular flexibility index (Phi) is 4.12. The Morgan fingerprint density at radius 1 is 1.23 bits per heavy atom. The number of amides is 1. The van der Waals surface area contributed by atoms with Crippen LogP contribution in [-0.4, -0.2) is 40.1 Å². The molecule has 1 atom stereocenters. The summed E-state index contributed by atoms with van der Waals surface area (Å²) in [6.07, 6.45) is -0.258. The molecule has 26 heavy (non-hydrogen) atoms. The fourth-order valence-electron chi connectivity index (χ4n) is 3.61. The van der Waals surface area contributed by atoms with Gasteiger partial charge in [-0.25, -0.2) is 4.98 Å². The van der Waals surface area contributed by atoms with Crippen LogP contribution in [0, 0.1) is 6.92 Å². The average Bonchev–Trinajstić information content (AvgIpc) is 2.92. The summed E-state index contributed by atoms with van der Waals surface area (Å²) in [5, 5.41) is 0.989. The first kappa shape index (κ1) is 16.6. The van der Waals surface area contributed by atoms with Crippen molar-refractivity contribution in [1.29, 1.82) is 0 Å². The second kappa shape index (κ2) is 6.46. The van der Waals surface area contributed by atoms with Crippen LogP contribution in [0.2, 0.25) is 0 Å². The van der Waals surface area contributed by atoms with Gasteiger partial charge in [0.1, 0.15) is 11.9 Å². The lowest BCUT2D eigenvalue weighted by molar-refractivity contribution is -0.0246. The van der Waals surface area contributed by atoms with Gasteiger partial charge in [-0.1, -0.05) is 24.3 Å². The fraction of sp³-hybridized carbons (Fsp3) is 0.300. The monoisotopic (exact) mass is 350 g/mol. The number of fused-ring (bicyclic) bond motifs is 1. The zero-order chi connectivity index (χ0) is 18.3. The smallest absolute Gasteiger partial charge is 0.256 e. The van der Waals surface area contributed by atoms with Crippen molar-refractivity contribution in [3.63, 3.8) is 0 Å². The SMILES string of the molecule is Cc1c(C(=O)N2CCO[C@@H](c3cccc(N)n3)C2)c2ccccc2n1C. The molecular formula is C20H22N4O2. The number of aromatic nitrogens is 2. The predicted octanol–water partition coefficient (Wildman–Crippen LogP) is 2.68. The van der Waals surface area contributed by atoms with E-state index in [4.69, 9.17) is 10.5 Å². The Bertz CT molecular complexity index is 979. The molecule has 1 amide bonds. The van der Waals surface area contributed by atoms with E-state index in [1.54, 1.807) is 6.07 Å². The molecule has 0 unspecified atom stereocenters. The van der Waals surface area contributed by atoms with E-state index in [1.807, 2.05) is 55.3 Å². The van der Waals surface area contributed by atoms with Gasteiger partial charge in [0.05, 0.1) is 24.4 Å². The molecule has 0 saturated carbocycles. The highest BCUT2D eigenvalue weighted by molar-refractivity contribution is 6.08.